The molecule has 0 radical (unpaired) electrons. The van der Waals surface area contributed by atoms with Crippen molar-refractivity contribution in [3.8, 4) is 0 Å². The minimum Gasteiger partial charge on any atom is -0.382 e. The lowest BCUT2D eigenvalue weighted by molar-refractivity contribution is -0.167. The number of alkyl halides is 5. The summed E-state index contributed by atoms with van der Waals surface area (Å²) in [7, 11) is 1.00. The molecule has 0 spiro atoms. The second-order valence-corrected chi connectivity index (χ2v) is 2.24. The fourth-order valence-corrected chi connectivity index (χ4v) is 0.204. The van der Waals surface area contributed by atoms with E-state index in [-0.39, 0.29) is 102 Å². The van der Waals surface area contributed by atoms with Gasteiger partial charge >= 0.3 is 0 Å². The molecule has 242 valence electrons. The van der Waals surface area contributed by atoms with E-state index < -0.39 is 6.86 Å². The van der Waals surface area contributed by atoms with Crippen LogP contribution in [0.2, 0.25) is 0 Å². The van der Waals surface area contributed by atoms with Gasteiger partial charge in [0.15, 0.2) is 0 Å². The zero-order chi connectivity index (χ0) is 19.7. The van der Waals surface area contributed by atoms with Gasteiger partial charge in [-0.25, -0.2) is 4.39 Å². The highest BCUT2D eigenvalue weighted by Gasteiger charge is 1.64. The summed E-state index contributed by atoms with van der Waals surface area (Å²) in [6.07, 6.45) is 1.25. The van der Waals surface area contributed by atoms with E-state index in [2.05, 4.69) is 18.8 Å². The number of hydrogen-bond acceptors (Lipinski definition) is 2. The molecule has 0 bridgehead atoms. The minimum absolute atomic E-state index is 0. The van der Waals surface area contributed by atoms with Crippen LogP contribution in [0.5, 0.6) is 0 Å². The molecule has 0 aromatic rings. The molecule has 0 atom stereocenters. The van der Waals surface area contributed by atoms with Gasteiger partial charge in [-0.05, 0) is 32.2 Å². The molecule has 0 aromatic carbocycles. The van der Waals surface area contributed by atoms with E-state index in [9.17, 15) is 26.5 Å². The lowest BCUT2D eigenvalue weighted by Crippen LogP contribution is -1.84. The first-order valence-corrected chi connectivity index (χ1v) is 6.82. The van der Waals surface area contributed by atoms with Crippen LogP contribution >= 0.6 is 0 Å². The third-order valence-corrected chi connectivity index (χ3v) is 0.449. The second kappa shape index (κ2) is 573. The largest absolute Gasteiger partial charge is 0.382 e. The zero-order valence-electron chi connectivity index (χ0n) is 15.3. The molecule has 0 aliphatic carbocycles. The molecule has 0 unspecified atom stereocenters. The van der Waals surface area contributed by atoms with E-state index in [1.54, 1.807) is 0 Å². The molecule has 0 aliphatic heterocycles. The summed E-state index contributed by atoms with van der Waals surface area (Å²) in [4.78, 5) is 2.38. The molecule has 0 saturated heterocycles. The monoisotopic (exact) mass is 543 g/mol. The Hall–Kier alpha value is -0.500. The molecule has 0 fully saturated rings. The average molecular weight is 543 g/mol. The van der Waals surface area contributed by atoms with Crippen molar-refractivity contribution in [1.82, 2.24) is 0 Å². The third kappa shape index (κ3) is 4690. The Balaban J connectivity index is -0.00000000436. The molecule has 2 nitrogen and oxygen atoms in total. The minimum atomic E-state index is -1.35. The Morgan fingerprint density at radius 2 is 0.529 bits per heavy atom. The van der Waals surface area contributed by atoms with E-state index in [1.807, 2.05) is 13.8 Å². The summed E-state index contributed by atoms with van der Waals surface area (Å²) in [5.41, 5.74) is 0. The highest BCUT2D eigenvalue weighted by Crippen LogP contribution is 1.67. The molecule has 0 amide bonds. The highest BCUT2D eigenvalue weighted by molar-refractivity contribution is 4.07. The first-order valence-electron chi connectivity index (χ1n) is 6.82. The second-order valence-electron chi connectivity index (χ2n) is 2.24. The van der Waals surface area contributed by atoms with Gasteiger partial charge in [0.05, 0.1) is 27.7 Å². The van der Waals surface area contributed by atoms with Crippen molar-refractivity contribution in [3.05, 3.63) is 0 Å². The van der Waals surface area contributed by atoms with Gasteiger partial charge in [0, 0.05) is 13.2 Å². The Morgan fingerprint density at radius 3 is 0.529 bits per heavy atom. The van der Waals surface area contributed by atoms with E-state index in [4.69, 9.17) is 4.74 Å². The van der Waals surface area contributed by atoms with Gasteiger partial charge in [0.25, 0.3) is 0 Å². The van der Waals surface area contributed by atoms with Gasteiger partial charge in [0.2, 0.25) is 6.86 Å². The van der Waals surface area contributed by atoms with Crippen LogP contribution in [0.25, 0.3) is 0 Å². The smallest absolute Gasteiger partial charge is 0.227 e. The van der Waals surface area contributed by atoms with Crippen molar-refractivity contribution in [1.29, 1.82) is 0 Å². The Kier molecular flexibility index (Phi) is 2840. The summed E-state index contributed by atoms with van der Waals surface area (Å²) in [6.45, 7) is 11.0. The Morgan fingerprint density at radius 1 is 0.441 bits per heavy atom. The predicted molar refractivity (Wildman–Crippen MR) is 164 cm³/mol. The summed E-state index contributed by atoms with van der Waals surface area (Å²) in [6, 6.07) is 0. The zero-order valence-corrected chi connectivity index (χ0v) is 15.3. The van der Waals surface area contributed by atoms with Crippen LogP contribution in [0.3, 0.4) is 0 Å². The summed E-state index contributed by atoms with van der Waals surface area (Å²) in [5.74, 6) is 0. The molecule has 0 heterocycles. The summed E-state index contributed by atoms with van der Waals surface area (Å²) < 4.78 is 64.4. The van der Waals surface area contributed by atoms with Crippen molar-refractivity contribution in [2.24, 2.45) is 0 Å². The lowest BCUT2D eigenvalue weighted by Gasteiger charge is -1.86. The Bertz CT molecular complexity index is 72.5. The fourth-order valence-electron chi connectivity index (χ4n) is 0.204. The molecule has 0 rings (SSSR count). The van der Waals surface area contributed by atoms with Crippen LogP contribution in [0.4, 0.5) is 26.5 Å². The van der Waals surface area contributed by atoms with Gasteiger partial charge in [-0.3, -0.25) is 17.6 Å². The van der Waals surface area contributed by atoms with Crippen LogP contribution in [-0.4, -0.2) is 47.8 Å². The average Bonchev–Trinajstić information content (AvgIpc) is 2.55. The molecular weight excluding hydrogens is 458 g/mol. The van der Waals surface area contributed by atoms with Crippen LogP contribution in [0, 0.1) is 0 Å². The van der Waals surface area contributed by atoms with Crippen LogP contribution in [-0.2, 0) is 9.68 Å². The molecule has 34 heavy (non-hydrogen) atoms. The number of halogens is 6. The lowest BCUT2D eigenvalue weighted by atomic mass is 10.6. The maximum atomic E-state index is 10.3. The van der Waals surface area contributed by atoms with Gasteiger partial charge in [0.1, 0.15) is 0 Å². The normalized spacial score (nSPS) is 4.06. The maximum absolute atomic E-state index is 10.3. The molecule has 0 aliphatic rings. The third-order valence-electron chi connectivity index (χ3n) is 0.449. The number of hydrogen-bond donors (Lipinski definition) is 0. The van der Waals surface area contributed by atoms with Crippen molar-refractivity contribution in [3.63, 3.8) is 0 Å². The van der Waals surface area contributed by atoms with Crippen molar-refractivity contribution in [2.75, 3.05) is 47.8 Å². The van der Waals surface area contributed by atoms with Gasteiger partial charge in [-0.1, -0.05) is 109 Å². The van der Waals surface area contributed by atoms with E-state index in [1.165, 1.54) is 20.3 Å². The molecule has 0 aromatic heterocycles. The van der Waals surface area contributed by atoms with Gasteiger partial charge < -0.3 is 4.74 Å². The molecular formula is C26H84F6O2. The Labute approximate surface area is 221 Å². The quantitative estimate of drug-likeness (QED) is 0.330. The molecule has 8 heteroatoms. The standard InChI is InChI=1S/C4H10O.C3H8.2C2H5F.CH2F2O.2CH3F.12CH4/c1-3-5-4-2;1-3-2;2*1-2-3;2-1-4-3;2*1-2;;;;;;;;;;;;/h3-4H2,1-2H3;3H2,1-2H3;2*2H2,1H3;1H2;2*1H3;12*1H4. The molecule has 0 saturated carbocycles. The van der Waals surface area contributed by atoms with Crippen LogP contribution in [0.15, 0.2) is 0 Å². The molecule has 0 N–H and O–H groups in total. The summed E-state index contributed by atoms with van der Waals surface area (Å²) in [5, 5.41) is 0. The van der Waals surface area contributed by atoms with Crippen molar-refractivity contribution in [2.45, 2.75) is 137 Å². The van der Waals surface area contributed by atoms with Crippen molar-refractivity contribution >= 4 is 0 Å². The predicted octanol–water partition coefficient (Wildman–Crippen LogP) is 14.0. The van der Waals surface area contributed by atoms with Gasteiger partial charge in [-0.15, -0.1) is 0 Å². The first-order chi connectivity index (χ1) is 10.6. The van der Waals surface area contributed by atoms with Crippen LogP contribution < -0.4 is 0 Å². The van der Waals surface area contributed by atoms with E-state index in [0.29, 0.717) is 14.4 Å². The fraction of sp³-hybridized carbons (Fsp3) is 1.00. The highest BCUT2D eigenvalue weighted by atomic mass is 19.3. The SMILES string of the molecule is C.C.C.C.C.C.C.C.C.C.C.C.CCC.CCF.CCF.CCOCC.CF.CF.FCOF. The van der Waals surface area contributed by atoms with E-state index >= 15 is 0 Å². The summed E-state index contributed by atoms with van der Waals surface area (Å²) >= 11 is 0. The number of ether oxygens (including phenoxy) is 1. The maximum Gasteiger partial charge on any atom is 0.227 e. The van der Waals surface area contributed by atoms with Gasteiger partial charge in [-0.2, -0.15) is 4.94 Å². The number of rotatable bonds is 3. The first kappa shape index (κ1) is 168. The van der Waals surface area contributed by atoms with E-state index in [0.717, 1.165) is 13.2 Å². The topological polar surface area (TPSA) is 18.5 Å². The van der Waals surface area contributed by atoms with Crippen LogP contribution in [0.1, 0.15) is 137 Å². The van der Waals surface area contributed by atoms with Crippen molar-refractivity contribution < 1.29 is 36.2 Å².